The summed E-state index contributed by atoms with van der Waals surface area (Å²) in [5.41, 5.74) is 2.63. The van der Waals surface area contributed by atoms with E-state index in [9.17, 15) is 8.42 Å². The van der Waals surface area contributed by atoms with Crippen LogP contribution in [-0.2, 0) is 9.84 Å². The van der Waals surface area contributed by atoms with Gasteiger partial charge in [0.05, 0.1) is 40.2 Å². The molecule has 0 unspecified atom stereocenters. The van der Waals surface area contributed by atoms with E-state index in [-0.39, 0.29) is 4.90 Å². The number of sulfone groups is 1. The molecule has 3 aromatic rings. The predicted octanol–water partition coefficient (Wildman–Crippen LogP) is 2.51. The zero-order valence-corrected chi connectivity index (χ0v) is 13.3. The maximum Gasteiger partial charge on any atom is 0.175 e. The first kappa shape index (κ1) is 15.1. The number of benzene rings is 2. The van der Waals surface area contributed by atoms with Crippen LogP contribution in [0.25, 0.3) is 22.4 Å². The van der Waals surface area contributed by atoms with Gasteiger partial charge in [0.2, 0.25) is 0 Å². The third-order valence-corrected chi connectivity index (χ3v) is 4.58. The van der Waals surface area contributed by atoms with Gasteiger partial charge in [0.25, 0.3) is 0 Å². The number of nitriles is 1. The van der Waals surface area contributed by atoms with E-state index in [2.05, 4.69) is 16.0 Å². The second-order valence-corrected chi connectivity index (χ2v) is 7.08. The molecule has 0 bridgehead atoms. The molecule has 7 heteroatoms. The fraction of sp³-hybridized carbons (Fsp3) is 0.125. The molecule has 0 aliphatic rings. The molecule has 1 heterocycles. The van der Waals surface area contributed by atoms with Crippen molar-refractivity contribution in [1.82, 2.24) is 9.97 Å². The molecule has 0 aliphatic carbocycles. The molecule has 0 saturated heterocycles. The lowest BCUT2D eigenvalue weighted by molar-refractivity contribution is 0.415. The van der Waals surface area contributed by atoms with Crippen LogP contribution in [0.1, 0.15) is 5.56 Å². The molecule has 6 nitrogen and oxygen atoms in total. The quantitative estimate of drug-likeness (QED) is 0.797. The highest BCUT2D eigenvalue weighted by Crippen LogP contribution is 2.31. The van der Waals surface area contributed by atoms with Crippen molar-refractivity contribution in [3.63, 3.8) is 0 Å². The molecule has 0 radical (unpaired) electrons. The lowest BCUT2D eigenvalue weighted by Crippen LogP contribution is -1.99. The summed E-state index contributed by atoms with van der Waals surface area (Å²) in [7, 11) is -1.84. The Bertz CT molecular complexity index is 1050. The largest absolute Gasteiger partial charge is 0.496 e. The fourth-order valence-corrected chi connectivity index (χ4v) is 2.94. The summed E-state index contributed by atoms with van der Waals surface area (Å²) in [6.07, 6.45) is 1.14. The standard InChI is InChI=1S/C16H13N3O3S/c1-22-15-8-11(23(2,20)21)4-5-12(15)16-18-13-6-3-10(9-17)7-14(13)19-16/h3-8H,1-2H3,(H,18,19). The number of hydrogen-bond donors (Lipinski definition) is 1. The molecule has 1 N–H and O–H groups in total. The van der Waals surface area contributed by atoms with E-state index in [4.69, 9.17) is 10.00 Å². The van der Waals surface area contributed by atoms with Crippen molar-refractivity contribution in [1.29, 1.82) is 5.26 Å². The Morgan fingerprint density at radius 2 is 2.00 bits per heavy atom. The minimum absolute atomic E-state index is 0.181. The van der Waals surface area contributed by atoms with Gasteiger partial charge in [-0.3, -0.25) is 0 Å². The fourth-order valence-electron chi connectivity index (χ4n) is 2.30. The molecule has 3 rings (SSSR count). The van der Waals surface area contributed by atoms with Gasteiger partial charge in [-0.15, -0.1) is 0 Å². The number of hydrogen-bond acceptors (Lipinski definition) is 5. The van der Waals surface area contributed by atoms with Crippen molar-refractivity contribution in [3.05, 3.63) is 42.0 Å². The Labute approximate surface area is 133 Å². The van der Waals surface area contributed by atoms with E-state index >= 15 is 0 Å². The summed E-state index contributed by atoms with van der Waals surface area (Å²) < 4.78 is 28.6. The average molecular weight is 327 g/mol. The first-order valence-electron chi connectivity index (χ1n) is 6.70. The number of imidazole rings is 1. The predicted molar refractivity (Wildman–Crippen MR) is 85.9 cm³/mol. The number of aromatic amines is 1. The molecule has 2 aromatic carbocycles. The molecule has 116 valence electrons. The molecule has 0 saturated carbocycles. The van der Waals surface area contributed by atoms with Gasteiger partial charge in [0.1, 0.15) is 11.6 Å². The van der Waals surface area contributed by atoms with E-state index in [0.29, 0.717) is 28.2 Å². The summed E-state index contributed by atoms with van der Waals surface area (Å²) in [6.45, 7) is 0. The maximum absolute atomic E-state index is 11.7. The van der Waals surface area contributed by atoms with Gasteiger partial charge in [-0.2, -0.15) is 5.26 Å². The van der Waals surface area contributed by atoms with Gasteiger partial charge >= 0.3 is 0 Å². The van der Waals surface area contributed by atoms with Crippen LogP contribution < -0.4 is 4.74 Å². The summed E-state index contributed by atoms with van der Waals surface area (Å²) in [6, 6.07) is 11.9. The van der Waals surface area contributed by atoms with Crippen molar-refractivity contribution in [2.45, 2.75) is 4.90 Å². The molecule has 0 atom stereocenters. The Hall–Kier alpha value is -2.85. The number of fused-ring (bicyclic) bond motifs is 1. The number of nitrogens with zero attached hydrogens (tertiary/aromatic N) is 2. The number of methoxy groups -OCH3 is 1. The summed E-state index contributed by atoms with van der Waals surface area (Å²) >= 11 is 0. The molecule has 0 fully saturated rings. The van der Waals surface area contributed by atoms with Crippen molar-refractivity contribution >= 4 is 20.9 Å². The summed E-state index contributed by atoms with van der Waals surface area (Å²) in [5.74, 6) is 0.958. The first-order valence-corrected chi connectivity index (χ1v) is 8.60. The van der Waals surface area contributed by atoms with Crippen LogP contribution in [0.5, 0.6) is 5.75 Å². The maximum atomic E-state index is 11.7. The van der Waals surface area contributed by atoms with E-state index < -0.39 is 9.84 Å². The van der Waals surface area contributed by atoms with Crippen molar-refractivity contribution in [3.8, 4) is 23.2 Å². The summed E-state index contributed by atoms with van der Waals surface area (Å²) in [4.78, 5) is 7.77. The lowest BCUT2D eigenvalue weighted by atomic mass is 10.2. The molecule has 1 aromatic heterocycles. The van der Waals surface area contributed by atoms with Crippen molar-refractivity contribution in [2.75, 3.05) is 13.4 Å². The molecule has 0 amide bonds. The zero-order valence-electron chi connectivity index (χ0n) is 12.5. The highest BCUT2D eigenvalue weighted by atomic mass is 32.2. The van der Waals surface area contributed by atoms with E-state index in [1.165, 1.54) is 19.2 Å². The Morgan fingerprint density at radius 3 is 2.65 bits per heavy atom. The SMILES string of the molecule is COc1cc(S(C)(=O)=O)ccc1-c1nc2ccc(C#N)cc2[nH]1. The highest BCUT2D eigenvalue weighted by molar-refractivity contribution is 7.90. The van der Waals surface area contributed by atoms with Crippen LogP contribution in [0.3, 0.4) is 0 Å². The monoisotopic (exact) mass is 327 g/mol. The smallest absolute Gasteiger partial charge is 0.175 e. The number of aromatic nitrogens is 2. The Kier molecular flexibility index (Phi) is 3.54. The topological polar surface area (TPSA) is 95.8 Å². The van der Waals surface area contributed by atoms with Crippen molar-refractivity contribution in [2.24, 2.45) is 0 Å². The second-order valence-electron chi connectivity index (χ2n) is 5.06. The second kappa shape index (κ2) is 5.41. The molecular weight excluding hydrogens is 314 g/mol. The van der Waals surface area contributed by atoms with E-state index in [0.717, 1.165) is 11.8 Å². The van der Waals surface area contributed by atoms with E-state index in [1.54, 1.807) is 24.3 Å². The van der Waals surface area contributed by atoms with Crippen LogP contribution in [0.4, 0.5) is 0 Å². The van der Waals surface area contributed by atoms with E-state index in [1.807, 2.05) is 0 Å². The molecule has 23 heavy (non-hydrogen) atoms. The minimum Gasteiger partial charge on any atom is -0.496 e. The third-order valence-electron chi connectivity index (χ3n) is 3.47. The third kappa shape index (κ3) is 2.76. The number of ether oxygens (including phenoxy) is 1. The Balaban J connectivity index is 2.16. The van der Waals surface area contributed by atoms with Gasteiger partial charge < -0.3 is 9.72 Å². The molecule has 0 spiro atoms. The van der Waals surface area contributed by atoms with Crippen molar-refractivity contribution < 1.29 is 13.2 Å². The number of H-pyrrole nitrogens is 1. The zero-order chi connectivity index (χ0) is 16.6. The van der Waals surface area contributed by atoms with Crippen LogP contribution in [0, 0.1) is 11.3 Å². The lowest BCUT2D eigenvalue weighted by Gasteiger charge is -2.08. The van der Waals surface area contributed by atoms with Crippen LogP contribution in [-0.4, -0.2) is 31.8 Å². The summed E-state index contributed by atoms with van der Waals surface area (Å²) in [5, 5.41) is 8.95. The van der Waals surface area contributed by atoms with Gasteiger partial charge in [0, 0.05) is 6.26 Å². The van der Waals surface area contributed by atoms with Crippen LogP contribution in [0.15, 0.2) is 41.3 Å². The normalized spacial score (nSPS) is 11.3. The highest BCUT2D eigenvalue weighted by Gasteiger charge is 2.15. The van der Waals surface area contributed by atoms with Gasteiger partial charge in [0.15, 0.2) is 9.84 Å². The number of rotatable bonds is 3. The molecule has 0 aliphatic heterocycles. The average Bonchev–Trinajstić information content (AvgIpc) is 2.95. The Morgan fingerprint density at radius 1 is 1.22 bits per heavy atom. The number of nitrogens with one attached hydrogen (secondary N) is 1. The van der Waals surface area contributed by atoms with Gasteiger partial charge in [-0.05, 0) is 36.4 Å². The minimum atomic E-state index is -3.31. The van der Waals surface area contributed by atoms with Gasteiger partial charge in [-0.25, -0.2) is 13.4 Å². The molecular formula is C16H13N3O3S. The van der Waals surface area contributed by atoms with Crippen LogP contribution >= 0.6 is 0 Å². The van der Waals surface area contributed by atoms with Gasteiger partial charge in [-0.1, -0.05) is 0 Å². The van der Waals surface area contributed by atoms with Crippen LogP contribution in [0.2, 0.25) is 0 Å². The first-order chi connectivity index (χ1) is 10.9.